The van der Waals surface area contributed by atoms with E-state index in [0.29, 0.717) is 6.04 Å². The summed E-state index contributed by atoms with van der Waals surface area (Å²) in [6, 6.07) is 4.83. The van der Waals surface area contributed by atoms with Crippen LogP contribution in [0.15, 0.2) is 17.5 Å². The van der Waals surface area contributed by atoms with Crippen molar-refractivity contribution in [2.45, 2.75) is 50.7 Å². The number of aliphatic hydroxyl groups is 1. The topological polar surface area (TPSA) is 26.7 Å². The lowest BCUT2D eigenvalue weighted by Gasteiger charge is -2.42. The molecule has 2 heterocycles. The number of hydrogen-bond donors (Lipinski definition) is 1. The fourth-order valence-corrected chi connectivity index (χ4v) is 4.52. The molecule has 1 aromatic rings. The van der Waals surface area contributed by atoms with Gasteiger partial charge in [-0.1, -0.05) is 18.9 Å². The largest absolute Gasteiger partial charge is 0.391 e. The van der Waals surface area contributed by atoms with Crippen LogP contribution < -0.4 is 0 Å². The highest BCUT2D eigenvalue weighted by atomic mass is 32.1. The molecule has 21 heavy (non-hydrogen) atoms. The molecule has 1 N–H and O–H groups in total. The van der Waals surface area contributed by atoms with E-state index in [0.717, 1.165) is 19.5 Å². The summed E-state index contributed by atoms with van der Waals surface area (Å²) in [6.45, 7) is 5.85. The van der Waals surface area contributed by atoms with E-state index in [1.807, 2.05) is 11.3 Å². The van der Waals surface area contributed by atoms with Gasteiger partial charge < -0.3 is 10.0 Å². The van der Waals surface area contributed by atoms with Crippen LogP contribution in [-0.4, -0.2) is 59.8 Å². The molecule has 1 saturated heterocycles. The Morgan fingerprint density at radius 2 is 1.95 bits per heavy atom. The second-order valence-corrected chi connectivity index (χ2v) is 7.51. The molecule has 118 valence electrons. The van der Waals surface area contributed by atoms with Crippen molar-refractivity contribution in [2.24, 2.45) is 0 Å². The molecule has 2 aliphatic rings. The van der Waals surface area contributed by atoms with Gasteiger partial charge in [0.05, 0.1) is 6.10 Å². The SMILES string of the molecule is O[C@H]1CCCC[C@@H]1N1CCN(CCCc2cccs2)CC1. The molecule has 1 aromatic heterocycles. The molecule has 0 unspecified atom stereocenters. The van der Waals surface area contributed by atoms with Gasteiger partial charge in [0.2, 0.25) is 0 Å². The van der Waals surface area contributed by atoms with Crippen molar-refractivity contribution in [1.82, 2.24) is 9.80 Å². The van der Waals surface area contributed by atoms with Crippen LogP contribution >= 0.6 is 11.3 Å². The number of thiophene rings is 1. The molecule has 1 saturated carbocycles. The van der Waals surface area contributed by atoms with E-state index in [1.165, 1.54) is 56.6 Å². The van der Waals surface area contributed by atoms with Crippen LogP contribution in [0.4, 0.5) is 0 Å². The number of rotatable bonds is 5. The van der Waals surface area contributed by atoms with Crippen molar-refractivity contribution in [1.29, 1.82) is 0 Å². The normalized spacial score (nSPS) is 28.8. The van der Waals surface area contributed by atoms with Crippen LogP contribution in [0.3, 0.4) is 0 Å². The molecular weight excluding hydrogens is 280 g/mol. The van der Waals surface area contributed by atoms with Crippen molar-refractivity contribution < 1.29 is 5.11 Å². The molecule has 0 amide bonds. The van der Waals surface area contributed by atoms with Crippen LogP contribution in [0.5, 0.6) is 0 Å². The molecule has 0 radical (unpaired) electrons. The Hall–Kier alpha value is -0.420. The fraction of sp³-hybridized carbons (Fsp3) is 0.765. The van der Waals surface area contributed by atoms with Gasteiger partial charge in [0.15, 0.2) is 0 Å². The molecule has 0 aromatic carbocycles. The fourth-order valence-electron chi connectivity index (χ4n) is 3.77. The van der Waals surface area contributed by atoms with Crippen LogP contribution in [0.25, 0.3) is 0 Å². The zero-order valence-corrected chi connectivity index (χ0v) is 13.7. The number of aliphatic hydroxyl groups excluding tert-OH is 1. The monoisotopic (exact) mass is 308 g/mol. The molecule has 2 fully saturated rings. The second-order valence-electron chi connectivity index (χ2n) is 6.48. The third-order valence-corrected chi connectivity index (χ3v) is 5.98. The first kappa shape index (κ1) is 15.5. The molecule has 2 atom stereocenters. The van der Waals surface area contributed by atoms with Crippen LogP contribution in [-0.2, 0) is 6.42 Å². The van der Waals surface area contributed by atoms with E-state index in [1.54, 1.807) is 0 Å². The van der Waals surface area contributed by atoms with Gasteiger partial charge in [-0.05, 0) is 43.7 Å². The molecule has 0 bridgehead atoms. The van der Waals surface area contributed by atoms with Gasteiger partial charge in [0.25, 0.3) is 0 Å². The number of nitrogens with zero attached hydrogens (tertiary/aromatic N) is 2. The van der Waals surface area contributed by atoms with Gasteiger partial charge in [-0.15, -0.1) is 11.3 Å². The Kier molecular flexibility index (Phi) is 5.69. The zero-order chi connectivity index (χ0) is 14.5. The minimum absolute atomic E-state index is 0.0795. The summed E-state index contributed by atoms with van der Waals surface area (Å²) in [7, 11) is 0. The summed E-state index contributed by atoms with van der Waals surface area (Å²) >= 11 is 1.87. The van der Waals surface area contributed by atoms with Gasteiger partial charge in [-0.25, -0.2) is 0 Å². The van der Waals surface area contributed by atoms with Gasteiger partial charge in [0.1, 0.15) is 0 Å². The van der Waals surface area contributed by atoms with Crippen molar-refractivity contribution in [3.05, 3.63) is 22.4 Å². The zero-order valence-electron chi connectivity index (χ0n) is 12.9. The first-order chi connectivity index (χ1) is 10.3. The van der Waals surface area contributed by atoms with Crippen molar-refractivity contribution in [3.8, 4) is 0 Å². The second kappa shape index (κ2) is 7.73. The maximum Gasteiger partial charge on any atom is 0.0695 e. The van der Waals surface area contributed by atoms with E-state index < -0.39 is 0 Å². The first-order valence-electron chi connectivity index (χ1n) is 8.50. The Morgan fingerprint density at radius 3 is 2.67 bits per heavy atom. The minimum atomic E-state index is -0.0795. The average Bonchev–Trinajstić information content (AvgIpc) is 3.02. The molecule has 3 nitrogen and oxygen atoms in total. The highest BCUT2D eigenvalue weighted by molar-refractivity contribution is 7.09. The lowest BCUT2D eigenvalue weighted by atomic mass is 9.91. The van der Waals surface area contributed by atoms with Gasteiger partial charge in [-0.3, -0.25) is 4.90 Å². The van der Waals surface area contributed by atoms with Gasteiger partial charge in [0, 0.05) is 37.1 Å². The van der Waals surface area contributed by atoms with Crippen LogP contribution in [0, 0.1) is 0 Å². The molecule has 4 heteroatoms. The summed E-state index contributed by atoms with van der Waals surface area (Å²) < 4.78 is 0. The maximum absolute atomic E-state index is 10.2. The highest BCUT2D eigenvalue weighted by Crippen LogP contribution is 2.24. The smallest absolute Gasteiger partial charge is 0.0695 e. The van der Waals surface area contributed by atoms with Crippen molar-refractivity contribution in [3.63, 3.8) is 0 Å². The van der Waals surface area contributed by atoms with E-state index in [4.69, 9.17) is 0 Å². The van der Waals surface area contributed by atoms with E-state index in [-0.39, 0.29) is 6.10 Å². The minimum Gasteiger partial charge on any atom is -0.391 e. The molecular formula is C17H28N2OS. The summed E-state index contributed by atoms with van der Waals surface area (Å²) in [6.07, 6.45) is 7.12. The summed E-state index contributed by atoms with van der Waals surface area (Å²) in [5.41, 5.74) is 0. The average molecular weight is 308 g/mol. The first-order valence-corrected chi connectivity index (χ1v) is 9.38. The van der Waals surface area contributed by atoms with Crippen molar-refractivity contribution >= 4 is 11.3 Å². The van der Waals surface area contributed by atoms with Crippen LogP contribution in [0.2, 0.25) is 0 Å². The number of piperazine rings is 1. The number of hydrogen-bond acceptors (Lipinski definition) is 4. The Morgan fingerprint density at radius 1 is 1.14 bits per heavy atom. The lowest BCUT2D eigenvalue weighted by molar-refractivity contribution is -0.00357. The van der Waals surface area contributed by atoms with E-state index in [2.05, 4.69) is 27.3 Å². The molecule has 1 aliphatic carbocycles. The quantitative estimate of drug-likeness (QED) is 0.906. The third kappa shape index (κ3) is 4.28. The van der Waals surface area contributed by atoms with Gasteiger partial charge in [-0.2, -0.15) is 0 Å². The standard InChI is InChI=1S/C17H28N2OS/c20-17-8-2-1-7-16(17)19-12-10-18(11-13-19)9-3-5-15-6-4-14-21-15/h4,6,14,16-17,20H,1-3,5,7-13H2/t16-,17-/m0/s1. The lowest BCUT2D eigenvalue weighted by Crippen LogP contribution is -2.54. The van der Waals surface area contributed by atoms with Crippen molar-refractivity contribution in [2.75, 3.05) is 32.7 Å². The Labute approximate surface area is 132 Å². The third-order valence-electron chi connectivity index (χ3n) is 5.05. The summed E-state index contributed by atoms with van der Waals surface area (Å²) in [4.78, 5) is 6.65. The molecule has 1 aliphatic heterocycles. The van der Waals surface area contributed by atoms with Gasteiger partial charge >= 0.3 is 0 Å². The Bertz CT molecular complexity index is 401. The number of aryl methyl sites for hydroxylation is 1. The maximum atomic E-state index is 10.2. The summed E-state index contributed by atoms with van der Waals surface area (Å²) in [5.74, 6) is 0. The molecule has 0 spiro atoms. The Balaban J connectivity index is 1.36. The van der Waals surface area contributed by atoms with E-state index in [9.17, 15) is 5.11 Å². The predicted octanol–water partition coefficient (Wildman–Crippen LogP) is 2.60. The van der Waals surface area contributed by atoms with Crippen LogP contribution in [0.1, 0.15) is 37.0 Å². The summed E-state index contributed by atoms with van der Waals surface area (Å²) in [5, 5.41) is 12.4. The molecule has 3 rings (SSSR count). The predicted molar refractivity (Wildman–Crippen MR) is 88.9 cm³/mol. The highest BCUT2D eigenvalue weighted by Gasteiger charge is 2.30. The van der Waals surface area contributed by atoms with E-state index >= 15 is 0 Å².